The Labute approximate surface area is 134 Å². The lowest BCUT2D eigenvalue weighted by atomic mass is 10.2. The molecule has 0 heterocycles. The Morgan fingerprint density at radius 2 is 1.70 bits per heavy atom. The molecule has 2 rings (SSSR count). The number of rotatable bonds is 6. The van der Waals surface area contributed by atoms with E-state index in [1.807, 2.05) is 0 Å². The summed E-state index contributed by atoms with van der Waals surface area (Å²) in [5.41, 5.74) is 1.66. The van der Waals surface area contributed by atoms with Gasteiger partial charge in [-0.05, 0) is 24.6 Å². The minimum Gasteiger partial charge on any atom is -0.497 e. The predicted molar refractivity (Wildman–Crippen MR) is 87.8 cm³/mol. The number of amides is 1. The number of anilines is 2. The van der Waals surface area contributed by atoms with Gasteiger partial charge in [0, 0.05) is 29.6 Å². The second-order valence-corrected chi connectivity index (χ2v) is 4.97. The van der Waals surface area contributed by atoms with Crippen molar-refractivity contribution in [2.45, 2.75) is 6.92 Å². The number of carbonyl (C=O) groups excluding carboxylic acids is 1. The van der Waals surface area contributed by atoms with Crippen LogP contribution in [-0.2, 0) is 4.79 Å². The van der Waals surface area contributed by atoms with Crippen LogP contribution in [0.3, 0.4) is 0 Å². The molecule has 23 heavy (non-hydrogen) atoms. The van der Waals surface area contributed by atoms with Crippen LogP contribution in [0.2, 0.25) is 0 Å². The van der Waals surface area contributed by atoms with Gasteiger partial charge < -0.3 is 20.1 Å². The summed E-state index contributed by atoms with van der Waals surface area (Å²) in [4.78, 5) is 12.0. The summed E-state index contributed by atoms with van der Waals surface area (Å²) in [6, 6.07) is 9.82. The number of hydrogen-bond donors (Lipinski definition) is 2. The SMILES string of the molecule is COc1cc(NC(=O)CNc2ccc(C)c(F)c2)cc(OC)c1. The largest absolute Gasteiger partial charge is 0.497 e. The molecule has 0 aliphatic rings. The summed E-state index contributed by atoms with van der Waals surface area (Å²) in [6.07, 6.45) is 0. The molecule has 0 aromatic heterocycles. The molecule has 2 aromatic rings. The second kappa shape index (κ2) is 7.49. The fourth-order valence-corrected chi connectivity index (χ4v) is 1.97. The molecule has 0 atom stereocenters. The molecular weight excluding hydrogens is 299 g/mol. The summed E-state index contributed by atoms with van der Waals surface area (Å²) in [7, 11) is 3.07. The number of carbonyl (C=O) groups is 1. The van der Waals surface area contributed by atoms with Gasteiger partial charge in [-0.2, -0.15) is 0 Å². The maximum Gasteiger partial charge on any atom is 0.243 e. The van der Waals surface area contributed by atoms with Crippen molar-refractivity contribution in [1.29, 1.82) is 0 Å². The van der Waals surface area contributed by atoms with Crippen molar-refractivity contribution in [2.24, 2.45) is 0 Å². The first-order chi connectivity index (χ1) is 11.0. The first kappa shape index (κ1) is 16.6. The van der Waals surface area contributed by atoms with Crippen molar-refractivity contribution in [3.05, 3.63) is 47.8 Å². The fraction of sp³-hybridized carbons (Fsp3) is 0.235. The average molecular weight is 318 g/mol. The van der Waals surface area contributed by atoms with Crippen molar-refractivity contribution < 1.29 is 18.7 Å². The van der Waals surface area contributed by atoms with E-state index in [4.69, 9.17) is 9.47 Å². The van der Waals surface area contributed by atoms with Gasteiger partial charge >= 0.3 is 0 Å². The molecule has 0 radical (unpaired) electrons. The molecule has 1 amide bonds. The van der Waals surface area contributed by atoms with E-state index in [1.54, 1.807) is 37.3 Å². The minimum absolute atomic E-state index is 0.0159. The van der Waals surface area contributed by atoms with E-state index in [1.165, 1.54) is 20.3 Å². The number of ether oxygens (including phenoxy) is 2. The van der Waals surface area contributed by atoms with Crippen molar-refractivity contribution in [2.75, 3.05) is 31.4 Å². The number of methoxy groups -OCH3 is 2. The van der Waals surface area contributed by atoms with Gasteiger partial charge in [0.15, 0.2) is 0 Å². The normalized spacial score (nSPS) is 10.1. The maximum atomic E-state index is 13.4. The van der Waals surface area contributed by atoms with Gasteiger partial charge in [0.2, 0.25) is 5.91 Å². The molecule has 0 aliphatic heterocycles. The predicted octanol–water partition coefficient (Wildman–Crippen LogP) is 3.20. The highest BCUT2D eigenvalue weighted by Gasteiger charge is 2.07. The first-order valence-corrected chi connectivity index (χ1v) is 7.05. The first-order valence-electron chi connectivity index (χ1n) is 7.05. The molecule has 6 heteroatoms. The van der Waals surface area contributed by atoms with Crippen LogP contribution in [0.5, 0.6) is 11.5 Å². The van der Waals surface area contributed by atoms with E-state index >= 15 is 0 Å². The third-order valence-electron chi connectivity index (χ3n) is 3.26. The van der Waals surface area contributed by atoms with Gasteiger partial charge in [-0.3, -0.25) is 4.79 Å². The Kier molecular flexibility index (Phi) is 5.41. The second-order valence-electron chi connectivity index (χ2n) is 4.97. The Morgan fingerprint density at radius 1 is 1.04 bits per heavy atom. The summed E-state index contributed by atoms with van der Waals surface area (Å²) in [5, 5.41) is 5.61. The standard InChI is InChI=1S/C17H19FN2O3/c1-11-4-5-12(8-16(11)18)19-10-17(21)20-13-6-14(22-2)9-15(7-13)23-3/h4-9,19H,10H2,1-3H3,(H,20,21). The zero-order chi connectivity index (χ0) is 16.8. The molecule has 0 bridgehead atoms. The molecular formula is C17H19FN2O3. The lowest BCUT2D eigenvalue weighted by molar-refractivity contribution is -0.114. The zero-order valence-electron chi connectivity index (χ0n) is 13.3. The highest BCUT2D eigenvalue weighted by atomic mass is 19.1. The molecule has 5 nitrogen and oxygen atoms in total. The third-order valence-corrected chi connectivity index (χ3v) is 3.26. The van der Waals surface area contributed by atoms with Gasteiger partial charge in [0.1, 0.15) is 17.3 Å². The molecule has 0 spiro atoms. The summed E-state index contributed by atoms with van der Waals surface area (Å²) in [5.74, 6) is 0.579. The van der Waals surface area contributed by atoms with Crippen molar-refractivity contribution in [1.82, 2.24) is 0 Å². The van der Waals surface area contributed by atoms with Crippen LogP contribution in [0.15, 0.2) is 36.4 Å². The van der Waals surface area contributed by atoms with Crippen LogP contribution in [0.1, 0.15) is 5.56 Å². The van der Waals surface area contributed by atoms with Crippen LogP contribution in [-0.4, -0.2) is 26.7 Å². The Hall–Kier alpha value is -2.76. The van der Waals surface area contributed by atoms with Crippen LogP contribution in [0.4, 0.5) is 15.8 Å². The maximum absolute atomic E-state index is 13.4. The quantitative estimate of drug-likeness (QED) is 0.859. The van der Waals surface area contributed by atoms with Gasteiger partial charge in [0.25, 0.3) is 0 Å². The van der Waals surface area contributed by atoms with Crippen molar-refractivity contribution >= 4 is 17.3 Å². The van der Waals surface area contributed by atoms with Gasteiger partial charge in [-0.15, -0.1) is 0 Å². The Balaban J connectivity index is 1.97. The van der Waals surface area contributed by atoms with Gasteiger partial charge in [-0.1, -0.05) is 6.07 Å². The van der Waals surface area contributed by atoms with E-state index in [2.05, 4.69) is 10.6 Å². The molecule has 0 saturated carbocycles. The van der Waals surface area contributed by atoms with E-state index < -0.39 is 0 Å². The number of halogens is 1. The summed E-state index contributed by atoms with van der Waals surface area (Å²) < 4.78 is 23.7. The van der Waals surface area contributed by atoms with Crippen molar-refractivity contribution in [3.63, 3.8) is 0 Å². The number of benzene rings is 2. The minimum atomic E-state index is -0.312. The van der Waals surface area contributed by atoms with Crippen LogP contribution < -0.4 is 20.1 Å². The monoisotopic (exact) mass is 318 g/mol. The van der Waals surface area contributed by atoms with E-state index in [9.17, 15) is 9.18 Å². The van der Waals surface area contributed by atoms with Gasteiger partial charge in [0.05, 0.1) is 20.8 Å². The van der Waals surface area contributed by atoms with E-state index in [0.717, 1.165) is 0 Å². The molecule has 0 saturated heterocycles. The highest BCUT2D eigenvalue weighted by molar-refractivity contribution is 5.94. The van der Waals surface area contributed by atoms with Crippen LogP contribution >= 0.6 is 0 Å². The van der Waals surface area contributed by atoms with Crippen molar-refractivity contribution in [3.8, 4) is 11.5 Å². The third kappa shape index (κ3) is 4.60. The lowest BCUT2D eigenvalue weighted by Gasteiger charge is -2.11. The average Bonchev–Trinajstić information content (AvgIpc) is 2.55. The number of hydrogen-bond acceptors (Lipinski definition) is 4. The summed E-state index contributed by atoms with van der Waals surface area (Å²) >= 11 is 0. The molecule has 0 fully saturated rings. The highest BCUT2D eigenvalue weighted by Crippen LogP contribution is 2.25. The Morgan fingerprint density at radius 3 is 2.26 bits per heavy atom. The molecule has 122 valence electrons. The van der Waals surface area contributed by atoms with Gasteiger partial charge in [-0.25, -0.2) is 4.39 Å². The topological polar surface area (TPSA) is 59.6 Å². The smallest absolute Gasteiger partial charge is 0.243 e. The molecule has 2 N–H and O–H groups in total. The van der Waals surface area contributed by atoms with E-state index in [0.29, 0.717) is 28.4 Å². The molecule has 2 aromatic carbocycles. The number of nitrogens with one attached hydrogen (secondary N) is 2. The molecule has 0 unspecified atom stereocenters. The van der Waals surface area contributed by atoms with Crippen LogP contribution in [0.25, 0.3) is 0 Å². The fourth-order valence-electron chi connectivity index (χ4n) is 1.97. The summed E-state index contributed by atoms with van der Waals surface area (Å²) in [6.45, 7) is 1.70. The molecule has 0 aliphatic carbocycles. The zero-order valence-corrected chi connectivity index (χ0v) is 13.3. The van der Waals surface area contributed by atoms with E-state index in [-0.39, 0.29) is 18.3 Å². The number of aryl methyl sites for hydroxylation is 1. The van der Waals surface area contributed by atoms with Crippen LogP contribution in [0, 0.1) is 12.7 Å². The Bertz CT molecular complexity index is 682. The lowest BCUT2D eigenvalue weighted by Crippen LogP contribution is -2.21.